The molecular weight excluding hydrogens is 377 g/mol. The number of benzene rings is 1. The molecule has 1 aromatic rings. The number of alkyl halides is 3. The summed E-state index contributed by atoms with van der Waals surface area (Å²) in [4.78, 5) is 11.5. The van der Waals surface area contributed by atoms with Gasteiger partial charge in [0.15, 0.2) is 0 Å². The highest BCUT2D eigenvalue weighted by Crippen LogP contribution is 2.35. The van der Waals surface area contributed by atoms with E-state index in [0.717, 1.165) is 12.1 Å². The van der Waals surface area contributed by atoms with E-state index in [9.17, 15) is 27.7 Å². The Kier molecular flexibility index (Phi) is 8.90. The molecule has 1 fully saturated rings. The Morgan fingerprint density at radius 2 is 1.83 bits per heavy atom. The Morgan fingerprint density at radius 3 is 2.33 bits per heavy atom. The SMILES string of the molecule is Cl.Cl.O=[N+]([O-])c1cc([C@H](CC(F)(F)F)N2CCNCC2)ccc1F. The first-order chi connectivity index (χ1) is 10.3. The van der Waals surface area contributed by atoms with Gasteiger partial charge in [0.25, 0.3) is 0 Å². The molecule has 138 valence electrons. The van der Waals surface area contributed by atoms with Crippen molar-refractivity contribution in [1.82, 2.24) is 10.2 Å². The monoisotopic (exact) mass is 393 g/mol. The topological polar surface area (TPSA) is 58.4 Å². The molecular formula is C13H17Cl2F4N3O2. The van der Waals surface area contributed by atoms with E-state index >= 15 is 0 Å². The fourth-order valence-corrected chi connectivity index (χ4v) is 2.55. The van der Waals surface area contributed by atoms with Crippen molar-refractivity contribution in [1.29, 1.82) is 0 Å². The van der Waals surface area contributed by atoms with Crippen LogP contribution in [0.5, 0.6) is 0 Å². The Hall–Kier alpha value is -1.16. The van der Waals surface area contributed by atoms with Gasteiger partial charge < -0.3 is 5.32 Å². The number of nitro groups is 1. The smallest absolute Gasteiger partial charge is 0.314 e. The van der Waals surface area contributed by atoms with Gasteiger partial charge in [-0.3, -0.25) is 15.0 Å². The lowest BCUT2D eigenvalue weighted by molar-refractivity contribution is -0.387. The highest BCUT2D eigenvalue weighted by molar-refractivity contribution is 5.85. The molecule has 24 heavy (non-hydrogen) atoms. The highest BCUT2D eigenvalue weighted by Gasteiger charge is 2.36. The molecule has 5 nitrogen and oxygen atoms in total. The fraction of sp³-hybridized carbons (Fsp3) is 0.538. The standard InChI is InChI=1S/C13H15F4N3O2.2ClH/c14-10-2-1-9(7-11(10)20(21)22)12(8-13(15,16)17)19-5-3-18-4-6-19;;/h1-2,7,12,18H,3-6,8H2;2*1H/t12-;;/m0../s1. The summed E-state index contributed by atoms with van der Waals surface area (Å²) in [6.45, 7) is 1.87. The van der Waals surface area contributed by atoms with Crippen molar-refractivity contribution >= 4 is 30.5 Å². The van der Waals surface area contributed by atoms with Crippen molar-refractivity contribution in [3.8, 4) is 0 Å². The molecule has 1 saturated heterocycles. The summed E-state index contributed by atoms with van der Waals surface area (Å²) in [5.74, 6) is -1.06. The number of nitrogens with one attached hydrogen (secondary N) is 1. The Morgan fingerprint density at radius 1 is 1.25 bits per heavy atom. The molecule has 0 aliphatic carbocycles. The lowest BCUT2D eigenvalue weighted by Gasteiger charge is -2.35. The number of hydrogen-bond acceptors (Lipinski definition) is 4. The molecule has 1 aliphatic heterocycles. The van der Waals surface area contributed by atoms with Crippen LogP contribution in [0.25, 0.3) is 0 Å². The molecule has 0 unspecified atom stereocenters. The van der Waals surface area contributed by atoms with Crippen LogP contribution in [-0.4, -0.2) is 42.2 Å². The summed E-state index contributed by atoms with van der Waals surface area (Å²) in [5.41, 5.74) is -0.702. The maximum Gasteiger partial charge on any atom is 0.390 e. The van der Waals surface area contributed by atoms with Crippen LogP contribution in [0.15, 0.2) is 18.2 Å². The first-order valence-electron chi connectivity index (χ1n) is 6.73. The van der Waals surface area contributed by atoms with Gasteiger partial charge in [0.1, 0.15) is 0 Å². The molecule has 1 atom stereocenters. The van der Waals surface area contributed by atoms with E-state index in [2.05, 4.69) is 5.32 Å². The molecule has 0 radical (unpaired) electrons. The number of rotatable bonds is 4. The van der Waals surface area contributed by atoms with Crippen LogP contribution in [0.3, 0.4) is 0 Å². The number of halogens is 6. The first-order valence-corrected chi connectivity index (χ1v) is 6.73. The molecule has 1 N–H and O–H groups in total. The molecule has 11 heteroatoms. The predicted molar refractivity (Wildman–Crippen MR) is 85.4 cm³/mol. The van der Waals surface area contributed by atoms with E-state index < -0.39 is 35.1 Å². The van der Waals surface area contributed by atoms with Crippen molar-refractivity contribution < 1.29 is 22.5 Å². The van der Waals surface area contributed by atoms with Crippen molar-refractivity contribution in [2.75, 3.05) is 26.2 Å². The molecule has 0 aromatic heterocycles. The Labute approximate surface area is 148 Å². The highest BCUT2D eigenvalue weighted by atomic mass is 35.5. The van der Waals surface area contributed by atoms with Gasteiger partial charge in [0, 0.05) is 38.3 Å². The molecule has 0 spiro atoms. The van der Waals surface area contributed by atoms with Crippen molar-refractivity contribution in [2.24, 2.45) is 0 Å². The van der Waals surface area contributed by atoms with E-state index in [0.29, 0.717) is 26.2 Å². The zero-order chi connectivity index (χ0) is 16.3. The summed E-state index contributed by atoms with van der Waals surface area (Å²) in [6.07, 6.45) is -5.55. The third-order valence-electron chi connectivity index (χ3n) is 3.57. The summed E-state index contributed by atoms with van der Waals surface area (Å²) in [5, 5.41) is 13.8. The van der Waals surface area contributed by atoms with E-state index in [1.807, 2.05) is 0 Å². The maximum atomic E-state index is 13.4. The van der Waals surface area contributed by atoms with Crippen molar-refractivity contribution in [3.63, 3.8) is 0 Å². The van der Waals surface area contributed by atoms with Crippen LogP contribution in [0.4, 0.5) is 23.2 Å². The van der Waals surface area contributed by atoms with E-state index in [1.54, 1.807) is 4.90 Å². The third kappa shape index (κ3) is 6.04. The lowest BCUT2D eigenvalue weighted by Crippen LogP contribution is -2.46. The van der Waals surface area contributed by atoms with Gasteiger partial charge in [-0.2, -0.15) is 17.6 Å². The summed E-state index contributed by atoms with van der Waals surface area (Å²) < 4.78 is 51.9. The van der Waals surface area contributed by atoms with Crippen LogP contribution >= 0.6 is 24.8 Å². The molecule has 1 aliphatic rings. The van der Waals surface area contributed by atoms with E-state index in [-0.39, 0.29) is 30.4 Å². The summed E-state index contributed by atoms with van der Waals surface area (Å²) in [7, 11) is 0. The van der Waals surface area contributed by atoms with Gasteiger partial charge in [-0.1, -0.05) is 6.07 Å². The second-order valence-electron chi connectivity index (χ2n) is 5.09. The van der Waals surface area contributed by atoms with E-state index in [4.69, 9.17) is 0 Å². The van der Waals surface area contributed by atoms with Gasteiger partial charge in [-0.25, -0.2) is 0 Å². The average Bonchev–Trinajstić information content (AvgIpc) is 2.45. The van der Waals surface area contributed by atoms with Gasteiger partial charge >= 0.3 is 11.9 Å². The predicted octanol–water partition coefficient (Wildman–Crippen LogP) is 3.48. The lowest BCUT2D eigenvalue weighted by atomic mass is 10.00. The maximum absolute atomic E-state index is 13.4. The molecule has 0 amide bonds. The third-order valence-corrected chi connectivity index (χ3v) is 3.57. The zero-order valence-corrected chi connectivity index (χ0v) is 14.0. The second-order valence-corrected chi connectivity index (χ2v) is 5.09. The fourth-order valence-electron chi connectivity index (χ4n) is 2.55. The number of nitro benzene ring substituents is 1. The van der Waals surface area contributed by atoms with Gasteiger partial charge in [-0.15, -0.1) is 24.8 Å². The van der Waals surface area contributed by atoms with E-state index in [1.165, 1.54) is 6.07 Å². The van der Waals surface area contributed by atoms with Gasteiger partial charge in [-0.05, 0) is 11.6 Å². The van der Waals surface area contributed by atoms with Gasteiger partial charge in [0.2, 0.25) is 5.82 Å². The number of hydrogen-bond donors (Lipinski definition) is 1. The quantitative estimate of drug-likeness (QED) is 0.483. The number of piperazine rings is 1. The van der Waals surface area contributed by atoms with Gasteiger partial charge in [0.05, 0.1) is 11.3 Å². The molecule has 2 rings (SSSR count). The van der Waals surface area contributed by atoms with Crippen LogP contribution < -0.4 is 5.32 Å². The Bertz CT molecular complexity index is 555. The van der Waals surface area contributed by atoms with Crippen LogP contribution in [0, 0.1) is 15.9 Å². The zero-order valence-electron chi connectivity index (χ0n) is 12.4. The van der Waals surface area contributed by atoms with Crippen LogP contribution in [0.2, 0.25) is 0 Å². The summed E-state index contributed by atoms with van der Waals surface area (Å²) >= 11 is 0. The number of nitrogens with zero attached hydrogens (tertiary/aromatic N) is 2. The summed E-state index contributed by atoms with van der Waals surface area (Å²) in [6, 6.07) is 1.87. The minimum atomic E-state index is -4.42. The minimum absolute atomic E-state index is 0. The Balaban J connectivity index is 0.00000264. The minimum Gasteiger partial charge on any atom is -0.314 e. The normalized spacial score (nSPS) is 16.7. The largest absolute Gasteiger partial charge is 0.390 e. The molecule has 1 heterocycles. The van der Waals surface area contributed by atoms with Crippen LogP contribution in [-0.2, 0) is 0 Å². The van der Waals surface area contributed by atoms with Crippen molar-refractivity contribution in [2.45, 2.75) is 18.6 Å². The molecule has 0 saturated carbocycles. The average molecular weight is 394 g/mol. The molecule has 0 bridgehead atoms. The second kappa shape index (κ2) is 9.36. The van der Waals surface area contributed by atoms with Crippen LogP contribution in [0.1, 0.15) is 18.0 Å². The first kappa shape index (κ1) is 22.8. The molecule has 1 aromatic carbocycles. The van der Waals surface area contributed by atoms with Crippen molar-refractivity contribution in [3.05, 3.63) is 39.7 Å².